The summed E-state index contributed by atoms with van der Waals surface area (Å²) >= 11 is 0. The monoisotopic (exact) mass is 218 g/mol. The summed E-state index contributed by atoms with van der Waals surface area (Å²) in [7, 11) is 1.60. The van der Waals surface area contributed by atoms with Crippen LogP contribution in [0.1, 0.15) is 20.3 Å². The van der Waals surface area contributed by atoms with Gasteiger partial charge in [0.1, 0.15) is 6.04 Å². The van der Waals surface area contributed by atoms with Gasteiger partial charge in [-0.15, -0.1) is 0 Å². The van der Waals surface area contributed by atoms with Gasteiger partial charge in [0.05, 0.1) is 6.61 Å². The molecule has 0 rings (SSSR count). The maximum absolute atomic E-state index is 11.0. The van der Waals surface area contributed by atoms with Gasteiger partial charge in [-0.3, -0.25) is 9.69 Å². The number of carboxylic acid groups (broad SMARTS) is 1. The Balaban J connectivity index is 4.49. The van der Waals surface area contributed by atoms with Crippen LogP contribution in [0, 0.1) is 0 Å². The standard InChI is InChI=1S/C10H22N2O3/c1-4-8(2)12(5-6-15-3)9(7-11)10(13)14/h8-9H,4-7,11H2,1-3H3,(H,13,14). The quantitative estimate of drug-likeness (QED) is 0.606. The van der Waals surface area contributed by atoms with Crippen LogP contribution in [-0.2, 0) is 9.53 Å². The highest BCUT2D eigenvalue weighted by Crippen LogP contribution is 2.08. The Bertz CT molecular complexity index is 188. The zero-order valence-electron chi connectivity index (χ0n) is 9.77. The van der Waals surface area contributed by atoms with E-state index in [1.807, 2.05) is 18.7 Å². The van der Waals surface area contributed by atoms with Crippen molar-refractivity contribution in [3.63, 3.8) is 0 Å². The van der Waals surface area contributed by atoms with Crippen LogP contribution in [0.2, 0.25) is 0 Å². The summed E-state index contributed by atoms with van der Waals surface area (Å²) in [6.07, 6.45) is 0.896. The second-order valence-electron chi connectivity index (χ2n) is 3.58. The van der Waals surface area contributed by atoms with E-state index >= 15 is 0 Å². The number of nitrogens with zero attached hydrogens (tertiary/aromatic N) is 1. The lowest BCUT2D eigenvalue weighted by molar-refractivity contribution is -0.144. The van der Waals surface area contributed by atoms with Gasteiger partial charge in [-0.2, -0.15) is 0 Å². The van der Waals surface area contributed by atoms with Gasteiger partial charge >= 0.3 is 5.97 Å². The number of hydrogen-bond acceptors (Lipinski definition) is 4. The molecule has 0 aliphatic rings. The molecule has 0 aromatic carbocycles. The van der Waals surface area contributed by atoms with E-state index < -0.39 is 12.0 Å². The molecule has 0 saturated carbocycles. The van der Waals surface area contributed by atoms with Crippen LogP contribution in [0.5, 0.6) is 0 Å². The topological polar surface area (TPSA) is 75.8 Å². The zero-order valence-corrected chi connectivity index (χ0v) is 9.77. The van der Waals surface area contributed by atoms with Crippen LogP contribution >= 0.6 is 0 Å². The normalized spacial score (nSPS) is 15.3. The Morgan fingerprint density at radius 2 is 2.20 bits per heavy atom. The number of rotatable bonds is 8. The third kappa shape index (κ3) is 4.59. The van der Waals surface area contributed by atoms with Crippen molar-refractivity contribution in [2.24, 2.45) is 5.73 Å². The fourth-order valence-corrected chi connectivity index (χ4v) is 1.49. The van der Waals surface area contributed by atoms with Gasteiger partial charge < -0.3 is 15.6 Å². The average Bonchev–Trinajstić information content (AvgIpc) is 2.22. The van der Waals surface area contributed by atoms with E-state index in [2.05, 4.69) is 0 Å². The summed E-state index contributed by atoms with van der Waals surface area (Å²) in [5, 5.41) is 9.02. The Morgan fingerprint density at radius 1 is 1.60 bits per heavy atom. The van der Waals surface area contributed by atoms with Gasteiger partial charge in [-0.05, 0) is 13.3 Å². The number of carboxylic acids is 1. The Kier molecular flexibility index (Phi) is 7.29. The molecule has 0 spiro atoms. The lowest BCUT2D eigenvalue weighted by Gasteiger charge is -2.32. The van der Waals surface area contributed by atoms with Crippen LogP contribution in [0.3, 0.4) is 0 Å². The molecule has 2 atom stereocenters. The molecule has 15 heavy (non-hydrogen) atoms. The number of carbonyl (C=O) groups is 1. The minimum atomic E-state index is -0.867. The molecule has 0 saturated heterocycles. The molecular weight excluding hydrogens is 196 g/mol. The number of methoxy groups -OCH3 is 1. The number of ether oxygens (including phenoxy) is 1. The number of nitrogens with two attached hydrogens (primary N) is 1. The van der Waals surface area contributed by atoms with E-state index in [1.54, 1.807) is 7.11 Å². The van der Waals surface area contributed by atoms with Crippen molar-refractivity contribution < 1.29 is 14.6 Å². The Morgan fingerprint density at radius 3 is 2.53 bits per heavy atom. The highest BCUT2D eigenvalue weighted by molar-refractivity contribution is 5.73. The maximum Gasteiger partial charge on any atom is 0.322 e. The van der Waals surface area contributed by atoms with Crippen LogP contribution in [0.25, 0.3) is 0 Å². The molecule has 2 unspecified atom stereocenters. The van der Waals surface area contributed by atoms with Crippen molar-refractivity contribution in [1.29, 1.82) is 0 Å². The molecule has 0 fully saturated rings. The second kappa shape index (κ2) is 7.62. The fraction of sp³-hybridized carbons (Fsp3) is 0.900. The van der Waals surface area contributed by atoms with Crippen molar-refractivity contribution >= 4 is 5.97 Å². The summed E-state index contributed by atoms with van der Waals surface area (Å²) in [5.74, 6) is -0.867. The average molecular weight is 218 g/mol. The van der Waals surface area contributed by atoms with Gasteiger partial charge in [0.15, 0.2) is 0 Å². The fourth-order valence-electron chi connectivity index (χ4n) is 1.49. The summed E-state index contributed by atoms with van der Waals surface area (Å²) in [4.78, 5) is 12.9. The smallest absolute Gasteiger partial charge is 0.322 e. The minimum Gasteiger partial charge on any atom is -0.480 e. The summed E-state index contributed by atoms with van der Waals surface area (Å²) in [5.41, 5.74) is 5.48. The third-order valence-corrected chi connectivity index (χ3v) is 2.62. The molecule has 0 amide bonds. The van der Waals surface area contributed by atoms with Crippen LogP contribution in [0.4, 0.5) is 0 Å². The molecule has 0 bridgehead atoms. The van der Waals surface area contributed by atoms with Crippen molar-refractivity contribution in [3.8, 4) is 0 Å². The first-order valence-electron chi connectivity index (χ1n) is 5.26. The number of hydrogen-bond donors (Lipinski definition) is 2. The highest BCUT2D eigenvalue weighted by atomic mass is 16.5. The van der Waals surface area contributed by atoms with Crippen LogP contribution in [-0.4, -0.2) is 54.9 Å². The summed E-state index contributed by atoms with van der Waals surface area (Å²) < 4.78 is 4.97. The molecule has 3 N–H and O–H groups in total. The highest BCUT2D eigenvalue weighted by Gasteiger charge is 2.26. The van der Waals surface area contributed by atoms with Crippen molar-refractivity contribution in [2.45, 2.75) is 32.4 Å². The van der Waals surface area contributed by atoms with Gasteiger partial charge in [0, 0.05) is 26.2 Å². The second-order valence-corrected chi connectivity index (χ2v) is 3.58. The van der Waals surface area contributed by atoms with E-state index in [0.29, 0.717) is 13.2 Å². The van der Waals surface area contributed by atoms with E-state index in [9.17, 15) is 4.79 Å². The van der Waals surface area contributed by atoms with E-state index in [-0.39, 0.29) is 12.6 Å². The van der Waals surface area contributed by atoms with Crippen molar-refractivity contribution in [2.75, 3.05) is 26.8 Å². The SMILES string of the molecule is CCC(C)N(CCOC)C(CN)C(=O)O. The molecule has 90 valence electrons. The van der Waals surface area contributed by atoms with Crippen LogP contribution < -0.4 is 5.73 Å². The van der Waals surface area contributed by atoms with E-state index in [0.717, 1.165) is 6.42 Å². The first kappa shape index (κ1) is 14.3. The molecule has 0 heterocycles. The molecule has 0 aromatic rings. The van der Waals surface area contributed by atoms with Gasteiger partial charge in [-0.25, -0.2) is 0 Å². The molecule has 0 radical (unpaired) electrons. The predicted molar refractivity (Wildman–Crippen MR) is 58.8 cm³/mol. The molecule has 0 aliphatic carbocycles. The summed E-state index contributed by atoms with van der Waals surface area (Å²) in [6, 6.07) is -0.417. The van der Waals surface area contributed by atoms with E-state index in [1.165, 1.54) is 0 Å². The maximum atomic E-state index is 11.0. The predicted octanol–water partition coefficient (Wildman–Crippen LogP) is 0.145. The van der Waals surface area contributed by atoms with Gasteiger partial charge in [-0.1, -0.05) is 6.92 Å². The molecule has 0 aliphatic heterocycles. The molecule has 0 aromatic heterocycles. The Labute approximate surface area is 91.2 Å². The lowest BCUT2D eigenvalue weighted by Crippen LogP contribution is -2.51. The minimum absolute atomic E-state index is 0.128. The molecule has 5 heteroatoms. The Hall–Kier alpha value is -0.650. The zero-order chi connectivity index (χ0) is 11.8. The van der Waals surface area contributed by atoms with Gasteiger partial charge in [0.25, 0.3) is 0 Å². The first-order valence-corrected chi connectivity index (χ1v) is 5.26. The molecular formula is C10H22N2O3. The lowest BCUT2D eigenvalue weighted by atomic mass is 10.1. The van der Waals surface area contributed by atoms with Gasteiger partial charge in [0.2, 0.25) is 0 Å². The number of aliphatic carboxylic acids is 1. The summed E-state index contributed by atoms with van der Waals surface area (Å²) in [6.45, 7) is 5.28. The largest absolute Gasteiger partial charge is 0.480 e. The third-order valence-electron chi connectivity index (χ3n) is 2.62. The molecule has 5 nitrogen and oxygen atoms in total. The van der Waals surface area contributed by atoms with E-state index in [4.69, 9.17) is 15.6 Å². The van der Waals surface area contributed by atoms with Crippen molar-refractivity contribution in [1.82, 2.24) is 4.90 Å². The van der Waals surface area contributed by atoms with Crippen LogP contribution in [0.15, 0.2) is 0 Å². The first-order chi connectivity index (χ1) is 7.08. The van der Waals surface area contributed by atoms with Crippen molar-refractivity contribution in [3.05, 3.63) is 0 Å².